The highest BCUT2D eigenvalue weighted by atomic mass is 16.5. The third-order valence-corrected chi connectivity index (χ3v) is 4.69. The monoisotopic (exact) mass is 312 g/mol. The van der Waals surface area contributed by atoms with E-state index < -0.39 is 0 Å². The fourth-order valence-electron chi connectivity index (χ4n) is 3.43. The van der Waals surface area contributed by atoms with Crippen molar-refractivity contribution in [1.29, 1.82) is 0 Å². The maximum absolute atomic E-state index is 12.3. The van der Waals surface area contributed by atoms with E-state index in [1.54, 1.807) is 0 Å². The van der Waals surface area contributed by atoms with E-state index in [1.807, 2.05) is 31.2 Å². The molecule has 1 fully saturated rings. The Bertz CT molecular complexity index is 704. The molecule has 4 nitrogen and oxygen atoms in total. The van der Waals surface area contributed by atoms with E-state index >= 15 is 0 Å². The summed E-state index contributed by atoms with van der Waals surface area (Å²) in [6.07, 6.45) is 5.04. The van der Waals surface area contributed by atoms with Crippen LogP contribution in [0.15, 0.2) is 24.3 Å². The number of fused-ring (bicyclic) bond motifs is 1. The lowest BCUT2D eigenvalue weighted by Crippen LogP contribution is -2.26. The molecule has 4 heteroatoms. The van der Waals surface area contributed by atoms with Gasteiger partial charge in [0.15, 0.2) is 0 Å². The highest BCUT2D eigenvalue weighted by Gasteiger charge is 2.21. The molecule has 0 unspecified atom stereocenters. The van der Waals surface area contributed by atoms with E-state index in [9.17, 15) is 4.79 Å². The maximum atomic E-state index is 12.3. The minimum atomic E-state index is -0.287. The quantitative estimate of drug-likeness (QED) is 0.810. The zero-order valence-corrected chi connectivity index (χ0v) is 14.0. The highest BCUT2D eigenvalue weighted by molar-refractivity contribution is 5.98. The Balaban J connectivity index is 2.04. The first kappa shape index (κ1) is 15.9. The predicted molar refractivity (Wildman–Crippen MR) is 91.6 cm³/mol. The molecule has 122 valence electrons. The first-order chi connectivity index (χ1) is 11.2. The van der Waals surface area contributed by atoms with Crippen LogP contribution in [0.2, 0.25) is 0 Å². The number of carbonyl (C=O) groups is 1. The number of benzene rings is 1. The van der Waals surface area contributed by atoms with E-state index in [-0.39, 0.29) is 5.97 Å². The van der Waals surface area contributed by atoms with Gasteiger partial charge in [0.25, 0.3) is 0 Å². The first-order valence-electron chi connectivity index (χ1n) is 8.39. The Morgan fingerprint density at radius 3 is 2.57 bits per heavy atom. The van der Waals surface area contributed by atoms with Crippen LogP contribution in [0.1, 0.15) is 47.3 Å². The van der Waals surface area contributed by atoms with Gasteiger partial charge in [-0.25, -0.2) is 4.79 Å². The lowest BCUT2D eigenvalue weighted by molar-refractivity contribution is 0.0597. The second kappa shape index (κ2) is 7.09. The summed E-state index contributed by atoms with van der Waals surface area (Å²) in [5.41, 5.74) is 3.39. The molecule has 3 rings (SSSR count). The fraction of sp³-hybridized carbons (Fsp3) is 0.474. The Kier molecular flexibility index (Phi) is 4.91. The van der Waals surface area contributed by atoms with Gasteiger partial charge in [0.2, 0.25) is 0 Å². The number of hydrogen-bond acceptors (Lipinski definition) is 4. The molecule has 0 atom stereocenters. The summed E-state index contributed by atoms with van der Waals surface area (Å²) in [6.45, 7) is 4.86. The van der Waals surface area contributed by atoms with E-state index in [0.717, 1.165) is 41.8 Å². The maximum Gasteiger partial charge on any atom is 0.340 e. The van der Waals surface area contributed by atoms with Crippen molar-refractivity contribution in [3.63, 3.8) is 0 Å². The molecule has 2 heterocycles. The molecule has 0 spiro atoms. The number of carbonyl (C=O) groups excluding carboxylic acids is 1. The number of para-hydroxylation sites is 1. The fourth-order valence-corrected chi connectivity index (χ4v) is 3.43. The van der Waals surface area contributed by atoms with Gasteiger partial charge in [-0.15, -0.1) is 0 Å². The van der Waals surface area contributed by atoms with Crippen LogP contribution in [-0.2, 0) is 11.3 Å². The molecular formula is C19H24N2O2. The van der Waals surface area contributed by atoms with Crippen LogP contribution in [0.25, 0.3) is 10.9 Å². The average Bonchev–Trinajstić information content (AvgIpc) is 2.83. The van der Waals surface area contributed by atoms with Crippen molar-refractivity contribution in [3.8, 4) is 0 Å². The van der Waals surface area contributed by atoms with Gasteiger partial charge >= 0.3 is 5.97 Å². The predicted octanol–water partition coefficient (Wildman–Crippen LogP) is 3.71. The van der Waals surface area contributed by atoms with Gasteiger partial charge in [0.1, 0.15) is 0 Å². The van der Waals surface area contributed by atoms with Crippen LogP contribution < -0.4 is 0 Å². The first-order valence-corrected chi connectivity index (χ1v) is 8.39. The number of aromatic nitrogens is 1. The zero-order chi connectivity index (χ0) is 16.2. The molecule has 23 heavy (non-hydrogen) atoms. The number of nitrogens with zero attached hydrogens (tertiary/aromatic N) is 2. The molecule has 0 bridgehead atoms. The van der Waals surface area contributed by atoms with Gasteiger partial charge in [-0.05, 0) is 44.5 Å². The van der Waals surface area contributed by atoms with Crippen LogP contribution in [0.3, 0.4) is 0 Å². The molecule has 1 aliphatic rings. The molecule has 0 saturated carbocycles. The Morgan fingerprint density at radius 1 is 1.17 bits per heavy atom. The summed E-state index contributed by atoms with van der Waals surface area (Å²) in [6, 6.07) is 7.99. The molecule has 2 aromatic rings. The Labute approximate surface area is 137 Å². The van der Waals surface area contributed by atoms with Gasteiger partial charge in [-0.2, -0.15) is 0 Å². The van der Waals surface area contributed by atoms with E-state index in [1.165, 1.54) is 32.8 Å². The Morgan fingerprint density at radius 2 is 1.87 bits per heavy atom. The summed E-state index contributed by atoms with van der Waals surface area (Å²) in [5, 5.41) is 1.02. The third kappa shape index (κ3) is 3.37. The van der Waals surface area contributed by atoms with Gasteiger partial charge in [-0.3, -0.25) is 9.88 Å². The molecule has 1 aliphatic heterocycles. The summed E-state index contributed by atoms with van der Waals surface area (Å²) in [7, 11) is 1.44. The summed E-state index contributed by atoms with van der Waals surface area (Å²) < 4.78 is 5.02. The second-order valence-electron chi connectivity index (χ2n) is 6.26. The third-order valence-electron chi connectivity index (χ3n) is 4.69. The van der Waals surface area contributed by atoms with Crippen LogP contribution in [0.4, 0.5) is 0 Å². The molecule has 0 radical (unpaired) electrons. The van der Waals surface area contributed by atoms with Gasteiger partial charge in [-0.1, -0.05) is 31.0 Å². The SMILES string of the molecule is COC(=O)c1c(CN2CCCCCC2)nc2ccccc2c1C. The van der Waals surface area contributed by atoms with Crippen molar-refractivity contribution >= 4 is 16.9 Å². The van der Waals surface area contributed by atoms with Crippen molar-refractivity contribution in [3.05, 3.63) is 41.1 Å². The summed E-state index contributed by atoms with van der Waals surface area (Å²) in [4.78, 5) is 19.5. The number of hydrogen-bond donors (Lipinski definition) is 0. The van der Waals surface area contributed by atoms with Crippen molar-refractivity contribution in [2.75, 3.05) is 20.2 Å². The molecule has 0 aliphatic carbocycles. The van der Waals surface area contributed by atoms with Gasteiger partial charge in [0, 0.05) is 11.9 Å². The number of methoxy groups -OCH3 is 1. The normalized spacial score (nSPS) is 16.3. The van der Waals surface area contributed by atoms with Crippen molar-refractivity contribution in [2.45, 2.75) is 39.2 Å². The molecule has 1 saturated heterocycles. The standard InChI is InChI=1S/C19H24N2O2/c1-14-15-9-5-6-10-16(15)20-17(18(14)19(22)23-2)13-21-11-7-3-4-8-12-21/h5-6,9-10H,3-4,7-8,11-13H2,1-2H3. The second-order valence-corrected chi connectivity index (χ2v) is 6.26. The van der Waals surface area contributed by atoms with E-state index in [0.29, 0.717) is 5.56 Å². The summed E-state index contributed by atoms with van der Waals surface area (Å²) >= 11 is 0. The largest absolute Gasteiger partial charge is 0.465 e. The number of likely N-dealkylation sites (tertiary alicyclic amines) is 1. The smallest absolute Gasteiger partial charge is 0.340 e. The minimum absolute atomic E-state index is 0.287. The van der Waals surface area contributed by atoms with Crippen LogP contribution in [-0.4, -0.2) is 36.1 Å². The number of aryl methyl sites for hydroxylation is 1. The number of rotatable bonds is 3. The van der Waals surface area contributed by atoms with Crippen LogP contribution in [0, 0.1) is 6.92 Å². The van der Waals surface area contributed by atoms with Crippen molar-refractivity contribution in [1.82, 2.24) is 9.88 Å². The van der Waals surface area contributed by atoms with Crippen molar-refractivity contribution < 1.29 is 9.53 Å². The average molecular weight is 312 g/mol. The van der Waals surface area contributed by atoms with Crippen LogP contribution in [0.5, 0.6) is 0 Å². The highest BCUT2D eigenvalue weighted by Crippen LogP contribution is 2.25. The Hall–Kier alpha value is -1.94. The van der Waals surface area contributed by atoms with E-state index in [2.05, 4.69) is 4.90 Å². The van der Waals surface area contributed by atoms with Crippen LogP contribution >= 0.6 is 0 Å². The molecule has 1 aromatic carbocycles. The topological polar surface area (TPSA) is 42.4 Å². The lowest BCUT2D eigenvalue weighted by Gasteiger charge is -2.21. The zero-order valence-electron chi connectivity index (χ0n) is 14.0. The number of pyridine rings is 1. The van der Waals surface area contributed by atoms with Gasteiger partial charge < -0.3 is 4.74 Å². The number of ether oxygens (including phenoxy) is 1. The molecule has 0 amide bonds. The lowest BCUT2D eigenvalue weighted by atomic mass is 10.0. The molecule has 1 aromatic heterocycles. The summed E-state index contributed by atoms with van der Waals surface area (Å²) in [5.74, 6) is -0.287. The van der Waals surface area contributed by atoms with Gasteiger partial charge in [0.05, 0.1) is 23.9 Å². The molecule has 0 N–H and O–H groups in total. The van der Waals surface area contributed by atoms with Crippen molar-refractivity contribution in [2.24, 2.45) is 0 Å². The molecular weight excluding hydrogens is 288 g/mol. The number of esters is 1. The van der Waals surface area contributed by atoms with E-state index in [4.69, 9.17) is 9.72 Å². The minimum Gasteiger partial charge on any atom is -0.465 e.